The van der Waals surface area contributed by atoms with Crippen LogP contribution in [-0.4, -0.2) is 6.04 Å². The van der Waals surface area contributed by atoms with Crippen molar-refractivity contribution in [2.75, 3.05) is 0 Å². The third kappa shape index (κ3) is 2.82. The molecule has 0 saturated heterocycles. The Morgan fingerprint density at radius 3 is 2.93 bits per heavy atom. The van der Waals surface area contributed by atoms with Crippen molar-refractivity contribution in [3.8, 4) is 0 Å². The molecule has 1 atom stereocenters. The maximum atomic E-state index is 3.61. The van der Waals surface area contributed by atoms with Gasteiger partial charge in [-0.3, -0.25) is 0 Å². The topological polar surface area (TPSA) is 12.0 Å². The Kier molecular flexibility index (Phi) is 3.24. The molecule has 1 N–H and O–H groups in total. The predicted octanol–water partition coefficient (Wildman–Crippen LogP) is 3.33. The predicted molar refractivity (Wildman–Crippen MR) is 62.7 cm³/mol. The number of nitrogens with one attached hydrogen (secondary N) is 1. The lowest BCUT2D eigenvalue weighted by atomic mass is 10.1. The van der Waals surface area contributed by atoms with Gasteiger partial charge in [-0.2, -0.15) is 0 Å². The molecular weight excluding hydrogens is 190 g/mol. The molecule has 1 aromatic heterocycles. The highest BCUT2D eigenvalue weighted by molar-refractivity contribution is 7.10. The lowest BCUT2D eigenvalue weighted by molar-refractivity contribution is 0.489. The third-order valence-corrected chi connectivity index (χ3v) is 3.99. The summed E-state index contributed by atoms with van der Waals surface area (Å²) in [6.07, 6.45) is 4.29. The molecule has 0 bridgehead atoms. The van der Waals surface area contributed by atoms with Crippen LogP contribution in [0.4, 0.5) is 0 Å². The van der Waals surface area contributed by atoms with E-state index in [1.807, 2.05) is 11.3 Å². The van der Waals surface area contributed by atoms with Crippen LogP contribution in [0.25, 0.3) is 0 Å². The zero-order valence-electron chi connectivity index (χ0n) is 9.05. The Bertz CT molecular complexity index is 288. The van der Waals surface area contributed by atoms with E-state index < -0.39 is 0 Å². The van der Waals surface area contributed by atoms with E-state index in [2.05, 4.69) is 30.6 Å². The highest BCUT2D eigenvalue weighted by Gasteiger charge is 2.23. The maximum Gasteiger partial charge on any atom is 0.0304 e. The minimum Gasteiger partial charge on any atom is -0.309 e. The summed E-state index contributed by atoms with van der Waals surface area (Å²) in [6.45, 7) is 5.55. The van der Waals surface area contributed by atoms with Crippen molar-refractivity contribution in [1.82, 2.24) is 5.32 Å². The van der Waals surface area contributed by atoms with Crippen molar-refractivity contribution < 1.29 is 0 Å². The van der Waals surface area contributed by atoms with Gasteiger partial charge in [0.2, 0.25) is 0 Å². The fourth-order valence-corrected chi connectivity index (χ4v) is 2.65. The average molecular weight is 209 g/mol. The largest absolute Gasteiger partial charge is 0.309 e. The van der Waals surface area contributed by atoms with E-state index in [1.54, 1.807) is 0 Å². The van der Waals surface area contributed by atoms with Crippen LogP contribution in [0.5, 0.6) is 0 Å². The number of hydrogen-bond acceptors (Lipinski definition) is 2. The highest BCUT2D eigenvalue weighted by Crippen LogP contribution is 2.33. The molecular formula is C12H19NS. The van der Waals surface area contributed by atoms with Gasteiger partial charge in [0, 0.05) is 17.5 Å². The minimum absolute atomic E-state index is 0.684. The maximum absolute atomic E-state index is 3.61. The lowest BCUT2D eigenvalue weighted by Crippen LogP contribution is -2.25. The van der Waals surface area contributed by atoms with E-state index in [-0.39, 0.29) is 0 Å². The standard InChI is InChI=1S/C12H19NS/c1-9-5-6-14-12(9)8-13-10(2)7-11-3-4-11/h5-6,10-11,13H,3-4,7-8H2,1-2H3. The monoisotopic (exact) mass is 209 g/mol. The van der Waals surface area contributed by atoms with Gasteiger partial charge < -0.3 is 5.32 Å². The summed E-state index contributed by atoms with van der Waals surface area (Å²) in [4.78, 5) is 1.49. The zero-order valence-corrected chi connectivity index (χ0v) is 9.86. The van der Waals surface area contributed by atoms with Gasteiger partial charge in [0.25, 0.3) is 0 Å². The van der Waals surface area contributed by atoms with Crippen LogP contribution in [0.15, 0.2) is 11.4 Å². The average Bonchev–Trinajstić information content (AvgIpc) is 2.86. The fraction of sp³-hybridized carbons (Fsp3) is 0.667. The Morgan fingerprint density at radius 2 is 2.36 bits per heavy atom. The third-order valence-electron chi connectivity index (χ3n) is 2.96. The van der Waals surface area contributed by atoms with Gasteiger partial charge in [0.1, 0.15) is 0 Å². The molecule has 1 nitrogen and oxygen atoms in total. The first-order valence-corrected chi connectivity index (χ1v) is 6.40. The van der Waals surface area contributed by atoms with E-state index in [0.29, 0.717) is 6.04 Å². The van der Waals surface area contributed by atoms with Gasteiger partial charge in [-0.1, -0.05) is 12.8 Å². The summed E-state index contributed by atoms with van der Waals surface area (Å²) >= 11 is 1.86. The number of aryl methyl sites for hydroxylation is 1. The van der Waals surface area contributed by atoms with Gasteiger partial charge in [-0.05, 0) is 43.2 Å². The Labute approximate surface area is 90.5 Å². The second-order valence-electron chi connectivity index (χ2n) is 4.49. The summed E-state index contributed by atoms with van der Waals surface area (Å²) in [7, 11) is 0. The Morgan fingerprint density at radius 1 is 1.57 bits per heavy atom. The molecule has 14 heavy (non-hydrogen) atoms. The second kappa shape index (κ2) is 4.45. The number of rotatable bonds is 5. The van der Waals surface area contributed by atoms with Crippen LogP contribution in [0.3, 0.4) is 0 Å². The van der Waals surface area contributed by atoms with Crippen molar-refractivity contribution in [3.63, 3.8) is 0 Å². The van der Waals surface area contributed by atoms with Crippen LogP contribution >= 0.6 is 11.3 Å². The molecule has 1 saturated carbocycles. The van der Waals surface area contributed by atoms with Gasteiger partial charge in [-0.25, -0.2) is 0 Å². The summed E-state index contributed by atoms with van der Waals surface area (Å²) < 4.78 is 0. The van der Waals surface area contributed by atoms with Crippen molar-refractivity contribution in [1.29, 1.82) is 0 Å². The first-order valence-electron chi connectivity index (χ1n) is 5.52. The van der Waals surface area contributed by atoms with Crippen LogP contribution < -0.4 is 5.32 Å². The van der Waals surface area contributed by atoms with E-state index in [1.165, 1.54) is 29.7 Å². The van der Waals surface area contributed by atoms with Crippen molar-refractivity contribution in [2.24, 2.45) is 5.92 Å². The van der Waals surface area contributed by atoms with E-state index in [0.717, 1.165) is 12.5 Å². The fourth-order valence-electron chi connectivity index (χ4n) is 1.79. The molecule has 1 aromatic rings. The normalized spacial score (nSPS) is 18.4. The molecule has 1 heterocycles. The molecule has 0 spiro atoms. The smallest absolute Gasteiger partial charge is 0.0304 e. The molecule has 0 radical (unpaired) electrons. The van der Waals surface area contributed by atoms with Crippen molar-refractivity contribution >= 4 is 11.3 Å². The van der Waals surface area contributed by atoms with E-state index in [4.69, 9.17) is 0 Å². The molecule has 1 aliphatic carbocycles. The van der Waals surface area contributed by atoms with Gasteiger partial charge in [0.05, 0.1) is 0 Å². The van der Waals surface area contributed by atoms with Gasteiger partial charge in [-0.15, -0.1) is 11.3 Å². The van der Waals surface area contributed by atoms with Crippen molar-refractivity contribution in [3.05, 3.63) is 21.9 Å². The van der Waals surface area contributed by atoms with Crippen LogP contribution in [0.2, 0.25) is 0 Å². The summed E-state index contributed by atoms with van der Waals surface area (Å²) in [5, 5.41) is 5.79. The zero-order chi connectivity index (χ0) is 9.97. The summed E-state index contributed by atoms with van der Waals surface area (Å²) in [5.41, 5.74) is 1.43. The van der Waals surface area contributed by atoms with Crippen LogP contribution in [-0.2, 0) is 6.54 Å². The Balaban J connectivity index is 1.73. The second-order valence-corrected chi connectivity index (χ2v) is 5.49. The molecule has 1 fully saturated rings. The quantitative estimate of drug-likeness (QED) is 0.784. The SMILES string of the molecule is Cc1ccsc1CNC(C)CC1CC1. The summed E-state index contributed by atoms with van der Waals surface area (Å²) in [6, 6.07) is 2.89. The molecule has 1 aliphatic rings. The molecule has 0 aromatic carbocycles. The minimum atomic E-state index is 0.684. The molecule has 1 unspecified atom stereocenters. The molecule has 0 aliphatic heterocycles. The van der Waals surface area contributed by atoms with E-state index >= 15 is 0 Å². The van der Waals surface area contributed by atoms with Crippen LogP contribution in [0, 0.1) is 12.8 Å². The van der Waals surface area contributed by atoms with E-state index in [9.17, 15) is 0 Å². The van der Waals surface area contributed by atoms with Crippen molar-refractivity contribution in [2.45, 2.75) is 45.7 Å². The first kappa shape index (κ1) is 10.2. The number of hydrogen-bond donors (Lipinski definition) is 1. The molecule has 0 amide bonds. The highest BCUT2D eigenvalue weighted by atomic mass is 32.1. The Hall–Kier alpha value is -0.340. The van der Waals surface area contributed by atoms with Gasteiger partial charge in [0.15, 0.2) is 0 Å². The molecule has 2 heteroatoms. The lowest BCUT2D eigenvalue weighted by Gasteiger charge is -2.12. The van der Waals surface area contributed by atoms with Crippen LogP contribution in [0.1, 0.15) is 36.6 Å². The first-order chi connectivity index (χ1) is 6.75. The number of thiophene rings is 1. The summed E-state index contributed by atoms with van der Waals surface area (Å²) in [5.74, 6) is 1.03. The van der Waals surface area contributed by atoms with Gasteiger partial charge >= 0.3 is 0 Å². The molecule has 78 valence electrons. The molecule has 2 rings (SSSR count).